The number of aromatic nitrogens is 1. The van der Waals surface area contributed by atoms with Crippen molar-refractivity contribution in [2.24, 2.45) is 0 Å². The number of amides is 1. The number of rotatable bonds is 3. The number of nitrogens with one attached hydrogen (secondary N) is 1. The van der Waals surface area contributed by atoms with E-state index >= 15 is 0 Å². The van der Waals surface area contributed by atoms with E-state index in [0.29, 0.717) is 11.5 Å². The van der Waals surface area contributed by atoms with Crippen LogP contribution in [0.25, 0.3) is 21.0 Å². The van der Waals surface area contributed by atoms with Gasteiger partial charge < -0.3 is 9.73 Å². The molecule has 1 atom stereocenters. The molecule has 1 N–H and O–H groups in total. The highest BCUT2D eigenvalue weighted by molar-refractivity contribution is 7.99. The summed E-state index contributed by atoms with van der Waals surface area (Å²) in [5.41, 5.74) is 2.12. The molecule has 0 saturated carbocycles. The summed E-state index contributed by atoms with van der Waals surface area (Å²) in [5, 5.41) is 3.91. The SMILES string of the molecule is O=C(N[C@@H]1CCSc2ccccc21)c1ccc(-c2nc3ccccc3s2)o1. The predicted molar refractivity (Wildman–Crippen MR) is 109 cm³/mol. The second-order valence-corrected chi connectivity index (χ2v) is 8.52. The smallest absolute Gasteiger partial charge is 0.287 e. The Balaban J connectivity index is 1.38. The van der Waals surface area contributed by atoms with Crippen LogP contribution >= 0.6 is 23.1 Å². The molecule has 1 amide bonds. The molecule has 1 aliphatic heterocycles. The first-order valence-corrected chi connectivity index (χ1v) is 10.6. The predicted octanol–water partition coefficient (Wildman–Crippen LogP) is 5.52. The number of carbonyl (C=O) groups excluding carboxylic acids is 1. The van der Waals surface area contributed by atoms with E-state index in [9.17, 15) is 4.79 Å². The van der Waals surface area contributed by atoms with Crippen molar-refractivity contribution < 1.29 is 9.21 Å². The zero-order valence-corrected chi connectivity index (χ0v) is 16.0. The first-order chi connectivity index (χ1) is 13.3. The van der Waals surface area contributed by atoms with Crippen LogP contribution in [0.15, 0.2) is 70.0 Å². The lowest BCUT2D eigenvalue weighted by Crippen LogP contribution is -2.30. The summed E-state index contributed by atoms with van der Waals surface area (Å²) in [5.74, 6) is 1.76. The van der Waals surface area contributed by atoms with Crippen molar-refractivity contribution in [3.8, 4) is 10.8 Å². The zero-order valence-electron chi connectivity index (χ0n) is 14.3. The fraction of sp³-hybridized carbons (Fsp3) is 0.143. The van der Waals surface area contributed by atoms with Gasteiger partial charge >= 0.3 is 0 Å². The van der Waals surface area contributed by atoms with Gasteiger partial charge in [0.2, 0.25) is 0 Å². The molecule has 4 aromatic rings. The Hall–Kier alpha value is -2.57. The lowest BCUT2D eigenvalue weighted by molar-refractivity contribution is 0.0907. The van der Waals surface area contributed by atoms with Crippen molar-refractivity contribution in [3.05, 3.63) is 72.0 Å². The number of carbonyl (C=O) groups is 1. The van der Waals surface area contributed by atoms with Crippen molar-refractivity contribution in [1.29, 1.82) is 0 Å². The lowest BCUT2D eigenvalue weighted by Gasteiger charge is -2.25. The average molecular weight is 393 g/mol. The van der Waals surface area contributed by atoms with E-state index in [4.69, 9.17) is 4.42 Å². The van der Waals surface area contributed by atoms with E-state index in [1.807, 2.05) is 54.2 Å². The van der Waals surface area contributed by atoms with Gasteiger partial charge in [0, 0.05) is 10.6 Å². The number of thioether (sulfide) groups is 1. The standard InChI is InChI=1S/C21H16N2O2S2/c24-20(22-14-11-12-26-18-7-3-1-5-13(14)18)16-9-10-17(25-16)21-23-15-6-2-4-8-19(15)27-21/h1-10,14H,11-12H2,(H,22,24)/t14-/m1/s1. The van der Waals surface area contributed by atoms with E-state index < -0.39 is 0 Å². The summed E-state index contributed by atoms with van der Waals surface area (Å²) >= 11 is 3.40. The molecule has 0 spiro atoms. The Labute approximate surface area is 164 Å². The normalized spacial score (nSPS) is 16.2. The van der Waals surface area contributed by atoms with Crippen molar-refractivity contribution in [2.75, 3.05) is 5.75 Å². The molecular weight excluding hydrogens is 376 g/mol. The van der Waals surface area contributed by atoms with Crippen LogP contribution in [0, 0.1) is 0 Å². The third kappa shape index (κ3) is 3.15. The topological polar surface area (TPSA) is 55.1 Å². The van der Waals surface area contributed by atoms with Crippen LogP contribution in [0.2, 0.25) is 0 Å². The second-order valence-electron chi connectivity index (χ2n) is 6.35. The van der Waals surface area contributed by atoms with E-state index in [1.54, 1.807) is 17.4 Å². The molecule has 6 heteroatoms. The minimum absolute atomic E-state index is 0.0194. The summed E-state index contributed by atoms with van der Waals surface area (Å²) in [6.45, 7) is 0. The van der Waals surface area contributed by atoms with Gasteiger partial charge in [-0.2, -0.15) is 0 Å². The number of nitrogens with zero attached hydrogens (tertiary/aromatic N) is 1. The van der Waals surface area contributed by atoms with E-state index in [1.165, 1.54) is 10.5 Å². The maximum atomic E-state index is 12.7. The second kappa shape index (κ2) is 6.87. The monoisotopic (exact) mass is 392 g/mol. The molecule has 3 heterocycles. The van der Waals surface area contributed by atoms with E-state index in [-0.39, 0.29) is 11.9 Å². The van der Waals surface area contributed by atoms with Crippen molar-refractivity contribution in [3.63, 3.8) is 0 Å². The Morgan fingerprint density at radius 2 is 1.93 bits per heavy atom. The van der Waals surface area contributed by atoms with Gasteiger partial charge in [-0.25, -0.2) is 4.98 Å². The maximum Gasteiger partial charge on any atom is 0.287 e. The van der Waals surface area contributed by atoms with Crippen molar-refractivity contribution in [1.82, 2.24) is 10.3 Å². The third-order valence-corrected chi connectivity index (χ3v) is 6.77. The first kappa shape index (κ1) is 16.6. The van der Waals surface area contributed by atoms with Gasteiger partial charge in [0.05, 0.1) is 16.3 Å². The fourth-order valence-corrected chi connectivity index (χ4v) is 5.33. The Bertz CT molecular complexity index is 1100. The molecule has 27 heavy (non-hydrogen) atoms. The average Bonchev–Trinajstić information content (AvgIpc) is 3.35. The third-order valence-electron chi connectivity index (χ3n) is 4.60. The van der Waals surface area contributed by atoms with Crippen LogP contribution in [-0.4, -0.2) is 16.6 Å². The number of furan rings is 1. The molecule has 0 aliphatic carbocycles. The summed E-state index contributed by atoms with van der Waals surface area (Å²) < 4.78 is 6.92. The maximum absolute atomic E-state index is 12.7. The molecule has 0 saturated heterocycles. The molecule has 134 valence electrons. The van der Waals surface area contributed by atoms with Gasteiger partial charge in [0.15, 0.2) is 16.5 Å². The molecular formula is C21H16N2O2S2. The zero-order chi connectivity index (χ0) is 18.2. The molecule has 4 nitrogen and oxygen atoms in total. The van der Waals surface area contributed by atoms with Gasteiger partial charge in [-0.15, -0.1) is 23.1 Å². The minimum atomic E-state index is -0.186. The first-order valence-electron chi connectivity index (χ1n) is 8.76. The summed E-state index contributed by atoms with van der Waals surface area (Å²) in [6, 6.07) is 19.8. The van der Waals surface area contributed by atoms with Crippen LogP contribution in [0.3, 0.4) is 0 Å². The number of thiazole rings is 1. The Morgan fingerprint density at radius 3 is 2.85 bits per heavy atom. The largest absolute Gasteiger partial charge is 0.448 e. The van der Waals surface area contributed by atoms with Crippen molar-refractivity contribution >= 4 is 39.2 Å². The molecule has 0 radical (unpaired) electrons. The van der Waals surface area contributed by atoms with E-state index in [0.717, 1.165) is 27.4 Å². The molecule has 0 unspecified atom stereocenters. The molecule has 2 aromatic carbocycles. The molecule has 1 aliphatic rings. The Morgan fingerprint density at radius 1 is 1.07 bits per heavy atom. The summed E-state index contributed by atoms with van der Waals surface area (Å²) in [7, 11) is 0. The van der Waals surface area contributed by atoms with Crippen molar-refractivity contribution in [2.45, 2.75) is 17.4 Å². The van der Waals surface area contributed by atoms with E-state index in [2.05, 4.69) is 22.4 Å². The lowest BCUT2D eigenvalue weighted by atomic mass is 10.0. The highest BCUT2D eigenvalue weighted by Crippen LogP contribution is 2.36. The number of hydrogen-bond donors (Lipinski definition) is 1. The number of para-hydroxylation sites is 1. The molecule has 5 rings (SSSR count). The summed E-state index contributed by atoms with van der Waals surface area (Å²) in [4.78, 5) is 18.5. The number of fused-ring (bicyclic) bond motifs is 2. The molecule has 0 bridgehead atoms. The fourth-order valence-electron chi connectivity index (χ4n) is 3.27. The van der Waals surface area contributed by atoms with Gasteiger partial charge in [-0.1, -0.05) is 30.3 Å². The van der Waals surface area contributed by atoms with Crippen LogP contribution < -0.4 is 5.32 Å². The highest BCUT2D eigenvalue weighted by atomic mass is 32.2. The highest BCUT2D eigenvalue weighted by Gasteiger charge is 2.24. The van der Waals surface area contributed by atoms with Gasteiger partial charge in [-0.3, -0.25) is 4.79 Å². The van der Waals surface area contributed by atoms with Gasteiger partial charge in [0.25, 0.3) is 5.91 Å². The number of hydrogen-bond acceptors (Lipinski definition) is 5. The quantitative estimate of drug-likeness (QED) is 0.498. The van der Waals surface area contributed by atoms with Crippen LogP contribution in [0.4, 0.5) is 0 Å². The van der Waals surface area contributed by atoms with Crippen LogP contribution in [0.5, 0.6) is 0 Å². The van der Waals surface area contributed by atoms with Gasteiger partial charge in [0.1, 0.15) is 0 Å². The molecule has 2 aromatic heterocycles. The molecule has 0 fully saturated rings. The van der Waals surface area contributed by atoms with Gasteiger partial charge in [-0.05, 0) is 42.3 Å². The number of benzene rings is 2. The van der Waals surface area contributed by atoms with Crippen LogP contribution in [-0.2, 0) is 0 Å². The van der Waals surface area contributed by atoms with Crippen LogP contribution in [0.1, 0.15) is 28.6 Å². The minimum Gasteiger partial charge on any atom is -0.448 e. The Kier molecular flexibility index (Phi) is 4.22. The summed E-state index contributed by atoms with van der Waals surface area (Å²) in [6.07, 6.45) is 0.916.